The molecule has 1 aromatic rings. The molecule has 1 aromatic carbocycles. The number of nitrogens with zero attached hydrogens (tertiary/aromatic N) is 1. The number of carbonyl (C=O) groups excluding carboxylic acids is 1. The van der Waals surface area contributed by atoms with Gasteiger partial charge in [0.15, 0.2) is 0 Å². The number of hydrogen-bond donors (Lipinski definition) is 0. The van der Waals surface area contributed by atoms with Crippen LogP contribution in [0.1, 0.15) is 36.8 Å². The van der Waals surface area contributed by atoms with E-state index in [1.54, 1.807) is 0 Å². The van der Waals surface area contributed by atoms with E-state index in [2.05, 4.69) is 17.0 Å². The van der Waals surface area contributed by atoms with Crippen LogP contribution in [0.2, 0.25) is 5.02 Å². The van der Waals surface area contributed by atoms with Gasteiger partial charge >= 0.3 is 5.97 Å². The monoisotopic (exact) mass is 295 g/mol. The Hall–Kier alpha value is -1.06. The summed E-state index contributed by atoms with van der Waals surface area (Å²) in [5, 5.41) is 0.812. The van der Waals surface area contributed by atoms with Crippen molar-refractivity contribution in [2.75, 3.05) is 13.7 Å². The van der Waals surface area contributed by atoms with Crippen LogP contribution in [0.25, 0.3) is 0 Å². The van der Waals surface area contributed by atoms with Crippen LogP contribution in [0, 0.1) is 6.92 Å². The zero-order valence-electron chi connectivity index (χ0n) is 12.2. The first-order valence-electron chi connectivity index (χ1n) is 7.16. The summed E-state index contributed by atoms with van der Waals surface area (Å²) in [7, 11) is 1.45. The third-order valence-electron chi connectivity index (χ3n) is 3.96. The van der Waals surface area contributed by atoms with Crippen LogP contribution in [0.15, 0.2) is 18.2 Å². The van der Waals surface area contributed by atoms with E-state index in [1.807, 2.05) is 13.0 Å². The number of halogens is 1. The summed E-state index contributed by atoms with van der Waals surface area (Å²) in [5.74, 6) is -0.128. The van der Waals surface area contributed by atoms with Gasteiger partial charge in [0, 0.05) is 17.6 Å². The largest absolute Gasteiger partial charge is 0.469 e. The minimum atomic E-state index is -0.128. The van der Waals surface area contributed by atoms with E-state index in [0.717, 1.165) is 30.1 Å². The average molecular weight is 296 g/mol. The number of hydrogen-bond acceptors (Lipinski definition) is 3. The normalized spacial score (nSPS) is 19.9. The lowest BCUT2D eigenvalue weighted by Crippen LogP contribution is -2.40. The van der Waals surface area contributed by atoms with Crippen molar-refractivity contribution in [3.05, 3.63) is 34.3 Å². The van der Waals surface area contributed by atoms with Crippen LogP contribution < -0.4 is 0 Å². The van der Waals surface area contributed by atoms with E-state index in [1.165, 1.54) is 25.5 Å². The topological polar surface area (TPSA) is 29.5 Å². The third kappa shape index (κ3) is 3.97. The van der Waals surface area contributed by atoms with Crippen molar-refractivity contribution >= 4 is 17.6 Å². The third-order valence-corrected chi connectivity index (χ3v) is 4.31. The predicted molar refractivity (Wildman–Crippen MR) is 80.9 cm³/mol. The van der Waals surface area contributed by atoms with Gasteiger partial charge in [-0.25, -0.2) is 0 Å². The fourth-order valence-corrected chi connectivity index (χ4v) is 3.07. The first-order chi connectivity index (χ1) is 9.60. The van der Waals surface area contributed by atoms with Crippen molar-refractivity contribution in [1.82, 2.24) is 4.90 Å². The molecule has 110 valence electrons. The van der Waals surface area contributed by atoms with Gasteiger partial charge in [-0.3, -0.25) is 9.69 Å². The van der Waals surface area contributed by atoms with Crippen LogP contribution in [0.5, 0.6) is 0 Å². The van der Waals surface area contributed by atoms with Crippen LogP contribution in [-0.4, -0.2) is 30.6 Å². The Morgan fingerprint density at radius 1 is 1.45 bits per heavy atom. The number of methoxy groups -OCH3 is 1. The molecule has 1 unspecified atom stereocenters. The molecular formula is C16H22ClNO2. The summed E-state index contributed by atoms with van der Waals surface area (Å²) in [6.45, 7) is 3.86. The molecule has 0 spiro atoms. The maximum atomic E-state index is 11.5. The molecular weight excluding hydrogens is 274 g/mol. The van der Waals surface area contributed by atoms with Gasteiger partial charge in [0.1, 0.15) is 0 Å². The van der Waals surface area contributed by atoms with Gasteiger partial charge in [0.2, 0.25) is 0 Å². The van der Waals surface area contributed by atoms with Crippen molar-refractivity contribution < 1.29 is 9.53 Å². The van der Waals surface area contributed by atoms with Gasteiger partial charge < -0.3 is 4.74 Å². The molecule has 3 nitrogen and oxygen atoms in total. The fraction of sp³-hybridized carbons (Fsp3) is 0.562. The molecule has 0 aliphatic carbocycles. The summed E-state index contributed by atoms with van der Waals surface area (Å²) in [6.07, 6.45) is 3.89. The van der Waals surface area contributed by atoms with E-state index in [0.29, 0.717) is 6.42 Å². The quantitative estimate of drug-likeness (QED) is 0.795. The minimum Gasteiger partial charge on any atom is -0.469 e. The number of likely N-dealkylation sites (tertiary alicyclic amines) is 1. The molecule has 1 aliphatic rings. The number of ether oxygens (including phenoxy) is 1. The molecule has 0 aromatic heterocycles. The summed E-state index contributed by atoms with van der Waals surface area (Å²) in [4.78, 5) is 13.9. The minimum absolute atomic E-state index is 0.128. The van der Waals surface area contributed by atoms with E-state index in [9.17, 15) is 4.79 Å². The van der Waals surface area contributed by atoms with Crippen LogP contribution >= 0.6 is 11.6 Å². The highest BCUT2D eigenvalue weighted by Crippen LogP contribution is 2.25. The maximum absolute atomic E-state index is 11.5. The lowest BCUT2D eigenvalue weighted by atomic mass is 9.98. The molecule has 1 fully saturated rings. The zero-order valence-corrected chi connectivity index (χ0v) is 12.9. The number of esters is 1. The highest BCUT2D eigenvalue weighted by molar-refractivity contribution is 6.31. The van der Waals surface area contributed by atoms with Crippen molar-refractivity contribution in [2.45, 2.75) is 45.2 Å². The Balaban J connectivity index is 2.06. The second kappa shape index (κ2) is 7.09. The first kappa shape index (κ1) is 15.3. The van der Waals surface area contributed by atoms with Crippen LogP contribution in [0.3, 0.4) is 0 Å². The number of carbonyl (C=O) groups is 1. The first-order valence-corrected chi connectivity index (χ1v) is 7.54. The molecule has 1 aliphatic heterocycles. The molecule has 20 heavy (non-hydrogen) atoms. The van der Waals surface area contributed by atoms with Gasteiger partial charge in [0.05, 0.1) is 13.5 Å². The van der Waals surface area contributed by atoms with E-state index >= 15 is 0 Å². The number of benzene rings is 1. The predicted octanol–water partition coefficient (Wildman–Crippen LogP) is 3.57. The molecule has 0 bridgehead atoms. The van der Waals surface area contributed by atoms with Gasteiger partial charge in [-0.1, -0.05) is 30.2 Å². The lowest BCUT2D eigenvalue weighted by molar-refractivity contribution is -0.142. The Morgan fingerprint density at radius 2 is 2.25 bits per heavy atom. The molecule has 1 atom stereocenters. The Labute approximate surface area is 125 Å². The summed E-state index contributed by atoms with van der Waals surface area (Å²) in [5.41, 5.74) is 2.30. The van der Waals surface area contributed by atoms with Crippen molar-refractivity contribution in [2.24, 2.45) is 0 Å². The van der Waals surface area contributed by atoms with Crippen LogP contribution in [0.4, 0.5) is 0 Å². The maximum Gasteiger partial charge on any atom is 0.307 e. The van der Waals surface area contributed by atoms with Crippen molar-refractivity contribution in [1.29, 1.82) is 0 Å². The molecule has 1 heterocycles. The highest BCUT2D eigenvalue weighted by atomic mass is 35.5. The molecule has 4 heteroatoms. The molecule has 1 saturated heterocycles. The second-order valence-corrected chi connectivity index (χ2v) is 5.90. The van der Waals surface area contributed by atoms with Gasteiger partial charge in [0.25, 0.3) is 0 Å². The number of piperidine rings is 1. The number of rotatable bonds is 4. The zero-order chi connectivity index (χ0) is 14.5. The van der Waals surface area contributed by atoms with Crippen LogP contribution in [-0.2, 0) is 16.1 Å². The SMILES string of the molecule is COC(=O)CC1CCCCN1Cc1ccc(C)cc1Cl. The summed E-state index contributed by atoms with van der Waals surface area (Å²) < 4.78 is 4.80. The molecule has 0 radical (unpaired) electrons. The summed E-state index contributed by atoms with van der Waals surface area (Å²) >= 11 is 6.31. The Bertz CT molecular complexity index is 476. The Morgan fingerprint density at radius 3 is 2.95 bits per heavy atom. The van der Waals surface area contributed by atoms with E-state index in [-0.39, 0.29) is 12.0 Å². The average Bonchev–Trinajstić information content (AvgIpc) is 2.43. The smallest absolute Gasteiger partial charge is 0.307 e. The lowest BCUT2D eigenvalue weighted by Gasteiger charge is -2.35. The highest BCUT2D eigenvalue weighted by Gasteiger charge is 2.25. The van der Waals surface area contributed by atoms with Gasteiger partial charge in [-0.2, -0.15) is 0 Å². The second-order valence-electron chi connectivity index (χ2n) is 5.50. The molecule has 0 N–H and O–H groups in total. The standard InChI is InChI=1S/C16H22ClNO2/c1-12-6-7-13(15(17)9-12)11-18-8-4-3-5-14(18)10-16(19)20-2/h6-7,9,14H,3-5,8,10-11H2,1-2H3. The number of aryl methyl sites for hydroxylation is 1. The van der Waals surface area contributed by atoms with E-state index < -0.39 is 0 Å². The molecule has 0 saturated carbocycles. The fourth-order valence-electron chi connectivity index (χ4n) is 2.77. The van der Waals surface area contributed by atoms with Crippen molar-refractivity contribution in [3.8, 4) is 0 Å². The van der Waals surface area contributed by atoms with E-state index in [4.69, 9.17) is 16.3 Å². The Kier molecular flexibility index (Phi) is 5.44. The van der Waals surface area contributed by atoms with Gasteiger partial charge in [-0.05, 0) is 43.5 Å². The molecule has 0 amide bonds. The van der Waals surface area contributed by atoms with Gasteiger partial charge in [-0.15, -0.1) is 0 Å². The van der Waals surface area contributed by atoms with Crippen molar-refractivity contribution in [3.63, 3.8) is 0 Å². The summed E-state index contributed by atoms with van der Waals surface area (Å²) in [6, 6.07) is 6.44. The molecule has 2 rings (SSSR count).